The molecule has 1 aromatic heterocycles. The number of fused-ring (bicyclic) bond motifs is 1. The molecule has 4 aliphatic rings. The van der Waals surface area contributed by atoms with Gasteiger partial charge in [-0.1, -0.05) is 84.9 Å². The highest BCUT2D eigenvalue weighted by atomic mass is 14.7. The Balaban J connectivity index is 1.38. The largest absolute Gasteiger partial charge is 0.256 e. The summed E-state index contributed by atoms with van der Waals surface area (Å²) in [5.41, 5.74) is 12.1. The van der Waals surface area contributed by atoms with Crippen LogP contribution >= 0.6 is 0 Å². The fourth-order valence-electron chi connectivity index (χ4n) is 5.18. The SMILES string of the molecule is Cc1cc2ccc1CCc1ccc(c(-c3ccc(-c4nccc5ccccc45)cc3)c1)CC2. The van der Waals surface area contributed by atoms with Crippen LogP contribution in [0.15, 0.2) is 97.2 Å². The minimum absolute atomic E-state index is 1.05. The highest BCUT2D eigenvalue weighted by Crippen LogP contribution is 2.32. The Bertz CT molecular complexity index is 1460. The molecule has 0 radical (unpaired) electrons. The van der Waals surface area contributed by atoms with Gasteiger partial charge in [-0.15, -0.1) is 0 Å². The van der Waals surface area contributed by atoms with Gasteiger partial charge in [0, 0.05) is 17.1 Å². The van der Waals surface area contributed by atoms with Crippen molar-refractivity contribution in [3.63, 3.8) is 0 Å². The van der Waals surface area contributed by atoms with Crippen molar-refractivity contribution in [2.75, 3.05) is 0 Å². The molecule has 0 saturated carbocycles. The molecule has 4 bridgehead atoms. The van der Waals surface area contributed by atoms with E-state index in [0.29, 0.717) is 0 Å². The summed E-state index contributed by atoms with van der Waals surface area (Å²) in [6.45, 7) is 2.25. The molecule has 0 atom stereocenters. The van der Waals surface area contributed by atoms with Crippen molar-refractivity contribution in [1.82, 2.24) is 4.98 Å². The molecule has 0 spiro atoms. The first-order chi connectivity index (χ1) is 16.2. The summed E-state index contributed by atoms with van der Waals surface area (Å²) in [7, 11) is 0. The average Bonchev–Trinajstić information content (AvgIpc) is 2.86. The topological polar surface area (TPSA) is 12.9 Å². The molecule has 0 amide bonds. The van der Waals surface area contributed by atoms with Crippen molar-refractivity contribution in [2.24, 2.45) is 0 Å². The highest BCUT2D eigenvalue weighted by molar-refractivity contribution is 5.94. The number of aromatic nitrogens is 1. The van der Waals surface area contributed by atoms with E-state index in [0.717, 1.165) is 36.9 Å². The summed E-state index contributed by atoms with van der Waals surface area (Å²) < 4.78 is 0. The standard InChI is InChI=1S/C32H27N/c1-22-20-23-6-10-25(22)11-7-24-9-13-27(12-8-23)31(21-24)28-14-16-29(17-15-28)32-30-5-3-2-4-26(30)18-19-33-32/h2-6,9-10,13-21H,7-8,11-12H2,1H3. The molecule has 1 nitrogen and oxygen atoms in total. The maximum Gasteiger partial charge on any atom is 0.0780 e. The molecule has 0 aliphatic heterocycles. The molecule has 1 heterocycles. The maximum absolute atomic E-state index is 4.70. The van der Waals surface area contributed by atoms with Gasteiger partial charge in [0.2, 0.25) is 0 Å². The minimum Gasteiger partial charge on any atom is -0.256 e. The van der Waals surface area contributed by atoms with Crippen LogP contribution in [-0.4, -0.2) is 4.98 Å². The predicted octanol–water partition coefficient (Wildman–Crippen LogP) is 7.76. The zero-order chi connectivity index (χ0) is 22.2. The normalized spacial score (nSPS) is 13.1. The predicted molar refractivity (Wildman–Crippen MR) is 139 cm³/mol. The van der Waals surface area contributed by atoms with Crippen molar-refractivity contribution < 1.29 is 0 Å². The molecule has 33 heavy (non-hydrogen) atoms. The van der Waals surface area contributed by atoms with E-state index in [1.165, 1.54) is 49.7 Å². The fourth-order valence-corrected chi connectivity index (χ4v) is 5.18. The van der Waals surface area contributed by atoms with E-state index in [1.54, 1.807) is 0 Å². The molecule has 1 heteroatoms. The summed E-state index contributed by atoms with van der Waals surface area (Å²) in [5.74, 6) is 0. The zero-order valence-electron chi connectivity index (χ0n) is 19.0. The number of benzene rings is 4. The molecular formula is C32H27N. The zero-order valence-corrected chi connectivity index (χ0v) is 19.0. The van der Waals surface area contributed by atoms with E-state index < -0.39 is 0 Å². The van der Waals surface area contributed by atoms with Gasteiger partial charge < -0.3 is 0 Å². The van der Waals surface area contributed by atoms with Gasteiger partial charge in [-0.2, -0.15) is 0 Å². The summed E-state index contributed by atoms with van der Waals surface area (Å²) in [4.78, 5) is 4.70. The number of hydrogen-bond acceptors (Lipinski definition) is 1. The lowest BCUT2D eigenvalue weighted by Crippen LogP contribution is -2.02. The molecular weight excluding hydrogens is 398 g/mol. The second-order valence-electron chi connectivity index (χ2n) is 9.21. The van der Waals surface area contributed by atoms with Crippen molar-refractivity contribution in [1.29, 1.82) is 0 Å². The summed E-state index contributed by atoms with van der Waals surface area (Å²) in [6, 6.07) is 33.7. The Kier molecular flexibility index (Phi) is 5.03. The highest BCUT2D eigenvalue weighted by Gasteiger charge is 2.12. The molecule has 0 N–H and O–H groups in total. The number of pyridine rings is 1. The van der Waals surface area contributed by atoms with Crippen LogP contribution in [0.1, 0.15) is 27.8 Å². The Labute approximate surface area is 195 Å². The molecule has 0 fully saturated rings. The van der Waals surface area contributed by atoms with E-state index in [9.17, 15) is 0 Å². The third kappa shape index (κ3) is 3.85. The first kappa shape index (κ1) is 19.9. The lowest BCUT2D eigenvalue weighted by atomic mass is 9.89. The molecule has 0 saturated heterocycles. The van der Waals surface area contributed by atoms with Crippen LogP contribution in [0.25, 0.3) is 33.2 Å². The van der Waals surface area contributed by atoms with E-state index in [4.69, 9.17) is 4.98 Å². The molecule has 5 aromatic rings. The smallest absolute Gasteiger partial charge is 0.0780 e. The second kappa shape index (κ2) is 8.33. The van der Waals surface area contributed by atoms with Gasteiger partial charge in [-0.05, 0) is 83.0 Å². The van der Waals surface area contributed by atoms with E-state index in [2.05, 4.69) is 97.9 Å². The molecule has 9 rings (SSSR count). The van der Waals surface area contributed by atoms with Gasteiger partial charge in [-0.3, -0.25) is 4.98 Å². The molecule has 4 aromatic carbocycles. The lowest BCUT2D eigenvalue weighted by molar-refractivity contribution is 0.914. The van der Waals surface area contributed by atoms with Crippen molar-refractivity contribution in [3.05, 3.63) is 125 Å². The van der Waals surface area contributed by atoms with Crippen LogP contribution in [-0.2, 0) is 25.7 Å². The number of nitrogens with zero attached hydrogens (tertiary/aromatic N) is 1. The van der Waals surface area contributed by atoms with Crippen LogP contribution in [0, 0.1) is 6.92 Å². The third-order valence-electron chi connectivity index (χ3n) is 7.09. The number of hydrogen-bond donors (Lipinski definition) is 0. The quantitative estimate of drug-likeness (QED) is 0.282. The van der Waals surface area contributed by atoms with E-state index in [1.807, 2.05) is 6.20 Å². The van der Waals surface area contributed by atoms with Crippen molar-refractivity contribution in [2.45, 2.75) is 32.6 Å². The Morgan fingerprint density at radius 2 is 1.30 bits per heavy atom. The monoisotopic (exact) mass is 425 g/mol. The third-order valence-corrected chi connectivity index (χ3v) is 7.09. The fraction of sp³-hybridized carbons (Fsp3) is 0.156. The van der Waals surface area contributed by atoms with Gasteiger partial charge in [0.1, 0.15) is 0 Å². The Morgan fingerprint density at radius 1 is 0.606 bits per heavy atom. The Hall–Kier alpha value is -3.71. The van der Waals surface area contributed by atoms with Crippen molar-refractivity contribution in [3.8, 4) is 22.4 Å². The van der Waals surface area contributed by atoms with Crippen LogP contribution in [0.3, 0.4) is 0 Å². The van der Waals surface area contributed by atoms with Crippen LogP contribution in [0.2, 0.25) is 0 Å². The Morgan fingerprint density at radius 3 is 2.12 bits per heavy atom. The minimum atomic E-state index is 1.05. The van der Waals surface area contributed by atoms with Crippen LogP contribution in [0.4, 0.5) is 0 Å². The van der Waals surface area contributed by atoms with Gasteiger partial charge in [0.15, 0.2) is 0 Å². The van der Waals surface area contributed by atoms with E-state index >= 15 is 0 Å². The lowest BCUT2D eigenvalue weighted by Gasteiger charge is -2.16. The van der Waals surface area contributed by atoms with Gasteiger partial charge in [0.05, 0.1) is 5.69 Å². The maximum atomic E-state index is 4.70. The second-order valence-corrected chi connectivity index (χ2v) is 9.21. The van der Waals surface area contributed by atoms with Gasteiger partial charge in [0.25, 0.3) is 0 Å². The summed E-state index contributed by atoms with van der Waals surface area (Å²) >= 11 is 0. The number of rotatable bonds is 2. The first-order valence-electron chi connectivity index (χ1n) is 11.9. The van der Waals surface area contributed by atoms with Gasteiger partial charge >= 0.3 is 0 Å². The van der Waals surface area contributed by atoms with Gasteiger partial charge in [-0.25, -0.2) is 0 Å². The number of aryl methyl sites for hydroxylation is 5. The molecule has 0 unspecified atom stereocenters. The first-order valence-corrected chi connectivity index (χ1v) is 11.9. The molecule has 160 valence electrons. The average molecular weight is 426 g/mol. The summed E-state index contributed by atoms with van der Waals surface area (Å²) in [5, 5.41) is 2.43. The summed E-state index contributed by atoms with van der Waals surface area (Å²) in [6.07, 6.45) is 6.21. The van der Waals surface area contributed by atoms with E-state index in [-0.39, 0.29) is 0 Å². The van der Waals surface area contributed by atoms with Crippen LogP contribution in [0.5, 0.6) is 0 Å². The van der Waals surface area contributed by atoms with Crippen molar-refractivity contribution >= 4 is 10.8 Å². The molecule has 4 aliphatic carbocycles. The van der Waals surface area contributed by atoms with Crippen LogP contribution < -0.4 is 0 Å².